The summed E-state index contributed by atoms with van der Waals surface area (Å²) in [5, 5.41) is 2.93. The van der Waals surface area contributed by atoms with Crippen LogP contribution in [0.3, 0.4) is 0 Å². The van der Waals surface area contributed by atoms with E-state index in [0.717, 1.165) is 5.56 Å². The highest BCUT2D eigenvalue weighted by molar-refractivity contribution is 5.76. The van der Waals surface area contributed by atoms with Crippen LogP contribution in [0.1, 0.15) is 24.8 Å². The Morgan fingerprint density at radius 2 is 2.00 bits per heavy atom. The van der Waals surface area contributed by atoms with Gasteiger partial charge >= 0.3 is 0 Å². The molecule has 1 N–H and O–H groups in total. The van der Waals surface area contributed by atoms with Crippen molar-refractivity contribution in [2.24, 2.45) is 5.92 Å². The predicted molar refractivity (Wildman–Crippen MR) is 55.6 cm³/mol. The minimum absolute atomic E-state index is 0.191. The number of amides is 1. The normalized spacial score (nSPS) is 15.1. The molecule has 0 atom stereocenters. The Balaban J connectivity index is 1.73. The van der Waals surface area contributed by atoms with E-state index in [1.54, 1.807) is 0 Å². The summed E-state index contributed by atoms with van der Waals surface area (Å²) in [5.41, 5.74) is 1.16. The van der Waals surface area contributed by atoms with Crippen molar-refractivity contribution < 1.29 is 4.79 Å². The first-order valence-electron chi connectivity index (χ1n) is 5.15. The van der Waals surface area contributed by atoms with Gasteiger partial charge in [-0.2, -0.15) is 0 Å². The van der Waals surface area contributed by atoms with Crippen LogP contribution in [0.5, 0.6) is 0 Å². The lowest BCUT2D eigenvalue weighted by Crippen LogP contribution is -2.22. The van der Waals surface area contributed by atoms with E-state index >= 15 is 0 Å². The van der Waals surface area contributed by atoms with Gasteiger partial charge in [-0.3, -0.25) is 4.79 Å². The lowest BCUT2D eigenvalue weighted by molar-refractivity contribution is -0.121. The SMILES string of the molecule is O=C(CC1CC1)NCc1ccccc1. The van der Waals surface area contributed by atoms with E-state index in [-0.39, 0.29) is 5.91 Å². The number of carbonyl (C=O) groups excluding carboxylic acids is 1. The third-order valence-electron chi connectivity index (χ3n) is 2.50. The first-order chi connectivity index (χ1) is 6.84. The van der Waals surface area contributed by atoms with E-state index in [9.17, 15) is 4.79 Å². The van der Waals surface area contributed by atoms with Crippen molar-refractivity contribution >= 4 is 5.91 Å². The highest BCUT2D eigenvalue weighted by Gasteiger charge is 2.23. The minimum atomic E-state index is 0.191. The second kappa shape index (κ2) is 4.27. The molecule has 2 heteroatoms. The molecule has 0 aliphatic heterocycles. The number of hydrogen-bond donors (Lipinski definition) is 1. The van der Waals surface area contributed by atoms with Gasteiger partial charge in [-0.1, -0.05) is 30.3 Å². The van der Waals surface area contributed by atoms with Gasteiger partial charge in [-0.15, -0.1) is 0 Å². The predicted octanol–water partition coefficient (Wildman–Crippen LogP) is 2.10. The molecular formula is C12H15NO. The van der Waals surface area contributed by atoms with Crippen LogP contribution in [-0.4, -0.2) is 5.91 Å². The van der Waals surface area contributed by atoms with Crippen LogP contribution in [0.25, 0.3) is 0 Å². The van der Waals surface area contributed by atoms with Gasteiger partial charge in [0, 0.05) is 13.0 Å². The number of carbonyl (C=O) groups is 1. The van der Waals surface area contributed by atoms with Crippen molar-refractivity contribution in [3.05, 3.63) is 35.9 Å². The van der Waals surface area contributed by atoms with E-state index in [4.69, 9.17) is 0 Å². The molecule has 74 valence electrons. The van der Waals surface area contributed by atoms with Gasteiger partial charge in [0.05, 0.1) is 0 Å². The average molecular weight is 189 g/mol. The van der Waals surface area contributed by atoms with Crippen LogP contribution in [-0.2, 0) is 11.3 Å². The third-order valence-corrected chi connectivity index (χ3v) is 2.50. The van der Waals surface area contributed by atoms with Crippen LogP contribution in [0.2, 0.25) is 0 Å². The number of rotatable bonds is 4. The van der Waals surface area contributed by atoms with Crippen molar-refractivity contribution in [3.63, 3.8) is 0 Å². The molecule has 0 spiro atoms. The fourth-order valence-electron chi connectivity index (χ4n) is 1.45. The minimum Gasteiger partial charge on any atom is -0.352 e. The van der Waals surface area contributed by atoms with Gasteiger partial charge in [0.2, 0.25) is 5.91 Å². The standard InChI is InChI=1S/C12H15NO/c14-12(8-10-6-7-10)13-9-11-4-2-1-3-5-11/h1-5,10H,6-9H2,(H,13,14). The zero-order valence-electron chi connectivity index (χ0n) is 8.20. The lowest BCUT2D eigenvalue weighted by atomic mass is 10.2. The first kappa shape index (κ1) is 9.25. The third kappa shape index (κ3) is 2.87. The summed E-state index contributed by atoms with van der Waals surface area (Å²) in [6, 6.07) is 10.0. The monoisotopic (exact) mass is 189 g/mol. The Morgan fingerprint density at radius 3 is 2.64 bits per heavy atom. The zero-order valence-corrected chi connectivity index (χ0v) is 8.20. The number of nitrogens with one attached hydrogen (secondary N) is 1. The fourth-order valence-corrected chi connectivity index (χ4v) is 1.45. The second-order valence-corrected chi connectivity index (χ2v) is 3.91. The maximum absolute atomic E-state index is 11.4. The summed E-state index contributed by atoms with van der Waals surface area (Å²) in [6.07, 6.45) is 3.18. The molecule has 1 fully saturated rings. The highest BCUT2D eigenvalue weighted by Crippen LogP contribution is 2.32. The fraction of sp³-hybridized carbons (Fsp3) is 0.417. The molecule has 0 unspecified atom stereocenters. The quantitative estimate of drug-likeness (QED) is 0.772. The van der Waals surface area contributed by atoms with E-state index < -0.39 is 0 Å². The van der Waals surface area contributed by atoms with E-state index in [2.05, 4.69) is 5.32 Å². The molecule has 1 saturated carbocycles. The van der Waals surface area contributed by atoms with Crippen LogP contribution < -0.4 is 5.32 Å². The Morgan fingerprint density at radius 1 is 1.29 bits per heavy atom. The summed E-state index contributed by atoms with van der Waals surface area (Å²) in [5.74, 6) is 0.863. The van der Waals surface area contributed by atoms with E-state index in [1.807, 2.05) is 30.3 Å². The summed E-state index contributed by atoms with van der Waals surface area (Å²) >= 11 is 0. The smallest absolute Gasteiger partial charge is 0.220 e. The Bertz CT molecular complexity index is 303. The van der Waals surface area contributed by atoms with Crippen molar-refractivity contribution in [2.45, 2.75) is 25.8 Å². The van der Waals surface area contributed by atoms with Gasteiger partial charge in [0.1, 0.15) is 0 Å². The largest absolute Gasteiger partial charge is 0.352 e. The maximum Gasteiger partial charge on any atom is 0.220 e. The van der Waals surface area contributed by atoms with Crippen LogP contribution in [0.15, 0.2) is 30.3 Å². The van der Waals surface area contributed by atoms with Gasteiger partial charge in [-0.05, 0) is 24.3 Å². The van der Waals surface area contributed by atoms with Crippen molar-refractivity contribution in [1.82, 2.24) is 5.32 Å². The molecule has 2 nitrogen and oxygen atoms in total. The summed E-state index contributed by atoms with van der Waals surface area (Å²) in [6.45, 7) is 0.659. The topological polar surface area (TPSA) is 29.1 Å². The molecule has 0 bridgehead atoms. The molecule has 14 heavy (non-hydrogen) atoms. The van der Waals surface area contributed by atoms with E-state index in [0.29, 0.717) is 18.9 Å². The molecule has 0 radical (unpaired) electrons. The molecule has 1 aliphatic carbocycles. The molecule has 1 aromatic rings. The summed E-state index contributed by atoms with van der Waals surface area (Å²) < 4.78 is 0. The molecule has 0 saturated heterocycles. The summed E-state index contributed by atoms with van der Waals surface area (Å²) in [4.78, 5) is 11.4. The maximum atomic E-state index is 11.4. The Labute approximate surface area is 84.3 Å². The van der Waals surface area contributed by atoms with Crippen molar-refractivity contribution in [2.75, 3.05) is 0 Å². The highest BCUT2D eigenvalue weighted by atomic mass is 16.1. The molecule has 1 aromatic carbocycles. The van der Waals surface area contributed by atoms with Gasteiger partial charge in [0.15, 0.2) is 0 Å². The first-order valence-corrected chi connectivity index (χ1v) is 5.15. The molecule has 0 aromatic heterocycles. The van der Waals surface area contributed by atoms with E-state index in [1.165, 1.54) is 12.8 Å². The van der Waals surface area contributed by atoms with Gasteiger partial charge in [0.25, 0.3) is 0 Å². The van der Waals surface area contributed by atoms with Crippen molar-refractivity contribution in [3.8, 4) is 0 Å². The van der Waals surface area contributed by atoms with Crippen LogP contribution in [0.4, 0.5) is 0 Å². The average Bonchev–Trinajstić information content (AvgIpc) is 3.00. The molecule has 2 rings (SSSR count). The number of hydrogen-bond acceptors (Lipinski definition) is 1. The molecule has 0 heterocycles. The number of benzene rings is 1. The van der Waals surface area contributed by atoms with Crippen molar-refractivity contribution in [1.29, 1.82) is 0 Å². The van der Waals surface area contributed by atoms with Gasteiger partial charge in [-0.25, -0.2) is 0 Å². The molecule has 1 amide bonds. The van der Waals surface area contributed by atoms with Gasteiger partial charge < -0.3 is 5.32 Å². The Kier molecular flexibility index (Phi) is 2.82. The molecule has 1 aliphatic rings. The Hall–Kier alpha value is -1.31. The van der Waals surface area contributed by atoms with Crippen LogP contribution >= 0.6 is 0 Å². The second-order valence-electron chi connectivity index (χ2n) is 3.91. The zero-order chi connectivity index (χ0) is 9.80. The lowest BCUT2D eigenvalue weighted by Gasteiger charge is -2.03. The summed E-state index contributed by atoms with van der Waals surface area (Å²) in [7, 11) is 0. The van der Waals surface area contributed by atoms with Crippen LogP contribution in [0, 0.1) is 5.92 Å². The molecular weight excluding hydrogens is 174 g/mol.